The zero-order chi connectivity index (χ0) is 15.5. The summed E-state index contributed by atoms with van der Waals surface area (Å²) in [7, 11) is -0.850. The van der Waals surface area contributed by atoms with Gasteiger partial charge in [0.2, 0.25) is 0 Å². The molecule has 21 heavy (non-hydrogen) atoms. The molecule has 1 aliphatic heterocycles. The highest BCUT2D eigenvalue weighted by Gasteiger charge is 2.17. The van der Waals surface area contributed by atoms with Gasteiger partial charge in [-0.2, -0.15) is 0 Å². The predicted octanol–water partition coefficient (Wildman–Crippen LogP) is 2.32. The van der Waals surface area contributed by atoms with Crippen LogP contribution in [0.25, 0.3) is 0 Å². The molecule has 0 saturated heterocycles. The van der Waals surface area contributed by atoms with Crippen LogP contribution in [0.5, 0.6) is 0 Å². The lowest BCUT2D eigenvalue weighted by Crippen LogP contribution is -2.24. The number of anilines is 1. The van der Waals surface area contributed by atoms with Gasteiger partial charge in [0.15, 0.2) is 0 Å². The summed E-state index contributed by atoms with van der Waals surface area (Å²) in [5.74, 6) is 0.336. The average Bonchev–Trinajstić information content (AvgIpc) is 2.47. The highest BCUT2D eigenvalue weighted by Crippen LogP contribution is 2.30. The van der Waals surface area contributed by atoms with Crippen molar-refractivity contribution in [2.24, 2.45) is 0 Å². The van der Waals surface area contributed by atoms with Crippen molar-refractivity contribution in [1.29, 1.82) is 0 Å². The van der Waals surface area contributed by atoms with Gasteiger partial charge < -0.3 is 10.0 Å². The van der Waals surface area contributed by atoms with Gasteiger partial charge in [0, 0.05) is 25.0 Å². The Balaban J connectivity index is 1.98. The Kier molecular flexibility index (Phi) is 5.27. The van der Waals surface area contributed by atoms with Crippen molar-refractivity contribution >= 4 is 15.5 Å². The smallest absolute Gasteiger partial charge is 0.150 e. The normalized spacial score (nSPS) is 16.6. The minimum atomic E-state index is -2.94. The number of rotatable bonds is 6. The Morgan fingerprint density at radius 2 is 2.14 bits per heavy atom. The second kappa shape index (κ2) is 6.79. The molecule has 0 fully saturated rings. The summed E-state index contributed by atoms with van der Waals surface area (Å²) in [5, 5.41) is 10.2. The number of hydrogen-bond acceptors (Lipinski definition) is 4. The second-order valence-corrected chi connectivity index (χ2v) is 8.28. The standard InChI is InChI=1S/C16H25NO3S/c1-3-21(19,20)11-5-7-16(18)14-8-9-15-13(12-14)6-4-10-17(15)2/h8-9,12,16,18H,3-7,10-11H2,1-2H3. The van der Waals surface area contributed by atoms with Crippen molar-refractivity contribution < 1.29 is 13.5 Å². The number of nitrogens with zero attached hydrogens (tertiary/aromatic N) is 1. The summed E-state index contributed by atoms with van der Waals surface area (Å²) < 4.78 is 22.9. The summed E-state index contributed by atoms with van der Waals surface area (Å²) in [6, 6.07) is 6.10. The van der Waals surface area contributed by atoms with Gasteiger partial charge >= 0.3 is 0 Å². The number of fused-ring (bicyclic) bond motifs is 1. The van der Waals surface area contributed by atoms with E-state index in [1.54, 1.807) is 6.92 Å². The van der Waals surface area contributed by atoms with Crippen molar-refractivity contribution in [1.82, 2.24) is 0 Å². The third-order valence-corrected chi connectivity index (χ3v) is 6.00. The predicted molar refractivity (Wildman–Crippen MR) is 86.6 cm³/mol. The Bertz CT molecular complexity index is 583. The molecule has 0 aliphatic carbocycles. The van der Waals surface area contributed by atoms with Crippen LogP contribution >= 0.6 is 0 Å². The first kappa shape index (κ1) is 16.3. The van der Waals surface area contributed by atoms with E-state index >= 15 is 0 Å². The number of aliphatic hydroxyl groups is 1. The molecule has 2 rings (SSSR count). The SMILES string of the molecule is CCS(=O)(=O)CCCC(O)c1ccc2c(c1)CCCN2C. The third kappa shape index (κ3) is 4.20. The van der Waals surface area contributed by atoms with Crippen LogP contribution in [-0.4, -0.2) is 38.6 Å². The van der Waals surface area contributed by atoms with Crippen LogP contribution in [0.1, 0.15) is 43.4 Å². The topological polar surface area (TPSA) is 57.6 Å². The van der Waals surface area contributed by atoms with Crippen molar-refractivity contribution in [3.8, 4) is 0 Å². The van der Waals surface area contributed by atoms with E-state index in [2.05, 4.69) is 24.1 Å². The van der Waals surface area contributed by atoms with Crippen LogP contribution in [0.2, 0.25) is 0 Å². The quantitative estimate of drug-likeness (QED) is 0.876. The van der Waals surface area contributed by atoms with Gasteiger partial charge in [0.05, 0.1) is 11.9 Å². The molecule has 1 aromatic carbocycles. The second-order valence-electron chi connectivity index (χ2n) is 5.81. The van der Waals surface area contributed by atoms with Crippen LogP contribution in [0.15, 0.2) is 18.2 Å². The van der Waals surface area contributed by atoms with E-state index in [-0.39, 0.29) is 11.5 Å². The first-order chi connectivity index (χ1) is 9.93. The zero-order valence-electron chi connectivity index (χ0n) is 12.9. The molecule has 0 spiro atoms. The number of aliphatic hydroxyl groups excluding tert-OH is 1. The number of hydrogen-bond donors (Lipinski definition) is 1. The van der Waals surface area contributed by atoms with Crippen LogP contribution in [0.3, 0.4) is 0 Å². The van der Waals surface area contributed by atoms with Gasteiger partial charge in [-0.25, -0.2) is 8.42 Å². The van der Waals surface area contributed by atoms with E-state index in [0.29, 0.717) is 12.8 Å². The summed E-state index contributed by atoms with van der Waals surface area (Å²) in [4.78, 5) is 2.24. The fraction of sp³-hybridized carbons (Fsp3) is 0.625. The molecule has 118 valence electrons. The highest BCUT2D eigenvalue weighted by molar-refractivity contribution is 7.91. The largest absolute Gasteiger partial charge is 0.388 e. The molecule has 0 radical (unpaired) electrons. The van der Waals surface area contributed by atoms with Gasteiger partial charge in [-0.1, -0.05) is 19.1 Å². The molecular formula is C16H25NO3S. The van der Waals surface area contributed by atoms with Gasteiger partial charge in [-0.05, 0) is 42.9 Å². The Morgan fingerprint density at radius 3 is 2.86 bits per heavy atom. The van der Waals surface area contributed by atoms with Crippen molar-refractivity contribution in [2.75, 3.05) is 30.0 Å². The van der Waals surface area contributed by atoms with Gasteiger partial charge in [-0.15, -0.1) is 0 Å². The first-order valence-electron chi connectivity index (χ1n) is 7.65. The summed E-state index contributed by atoms with van der Waals surface area (Å²) >= 11 is 0. The molecule has 1 aliphatic rings. The number of aryl methyl sites for hydroxylation is 1. The fourth-order valence-electron chi connectivity index (χ4n) is 2.82. The molecule has 1 aromatic rings. The maximum Gasteiger partial charge on any atom is 0.150 e. The Morgan fingerprint density at radius 1 is 1.38 bits per heavy atom. The lowest BCUT2D eigenvalue weighted by Gasteiger charge is -2.28. The Labute approximate surface area is 127 Å². The molecule has 1 N–H and O–H groups in total. The minimum Gasteiger partial charge on any atom is -0.388 e. The van der Waals surface area contributed by atoms with Gasteiger partial charge in [0.1, 0.15) is 9.84 Å². The van der Waals surface area contributed by atoms with Crippen molar-refractivity contribution in [3.05, 3.63) is 29.3 Å². The lowest BCUT2D eigenvalue weighted by molar-refractivity contribution is 0.166. The Hall–Kier alpha value is -1.07. The maximum absolute atomic E-state index is 11.5. The summed E-state index contributed by atoms with van der Waals surface area (Å²) in [6.07, 6.45) is 2.61. The lowest BCUT2D eigenvalue weighted by atomic mass is 9.96. The van der Waals surface area contributed by atoms with Crippen LogP contribution < -0.4 is 4.90 Å². The first-order valence-corrected chi connectivity index (χ1v) is 9.47. The molecule has 0 bridgehead atoms. The van der Waals surface area contributed by atoms with Crippen molar-refractivity contribution in [3.63, 3.8) is 0 Å². The summed E-state index contributed by atoms with van der Waals surface area (Å²) in [5.41, 5.74) is 3.42. The molecule has 0 amide bonds. The monoisotopic (exact) mass is 311 g/mol. The maximum atomic E-state index is 11.5. The molecule has 1 atom stereocenters. The van der Waals surface area contributed by atoms with Gasteiger partial charge in [0.25, 0.3) is 0 Å². The van der Waals surface area contributed by atoms with E-state index < -0.39 is 15.9 Å². The molecule has 4 nitrogen and oxygen atoms in total. The third-order valence-electron chi connectivity index (χ3n) is 4.21. The zero-order valence-corrected chi connectivity index (χ0v) is 13.7. The molecule has 1 heterocycles. The number of benzene rings is 1. The van der Waals surface area contributed by atoms with E-state index in [9.17, 15) is 13.5 Å². The van der Waals surface area contributed by atoms with E-state index in [1.165, 1.54) is 11.3 Å². The van der Waals surface area contributed by atoms with E-state index in [1.807, 2.05) is 6.07 Å². The van der Waals surface area contributed by atoms with Crippen molar-refractivity contribution in [2.45, 2.75) is 38.7 Å². The van der Waals surface area contributed by atoms with E-state index in [4.69, 9.17) is 0 Å². The molecule has 5 heteroatoms. The van der Waals surface area contributed by atoms with E-state index in [0.717, 1.165) is 24.9 Å². The molecular weight excluding hydrogens is 286 g/mol. The van der Waals surface area contributed by atoms with Crippen LogP contribution in [0, 0.1) is 0 Å². The number of sulfone groups is 1. The summed E-state index contributed by atoms with van der Waals surface area (Å²) in [6.45, 7) is 2.73. The fourth-order valence-corrected chi connectivity index (χ4v) is 3.72. The highest BCUT2D eigenvalue weighted by atomic mass is 32.2. The molecule has 0 aromatic heterocycles. The molecule has 1 unspecified atom stereocenters. The minimum absolute atomic E-state index is 0.161. The average molecular weight is 311 g/mol. The van der Waals surface area contributed by atoms with Gasteiger partial charge in [-0.3, -0.25) is 0 Å². The van der Waals surface area contributed by atoms with Crippen LogP contribution in [-0.2, 0) is 16.3 Å². The van der Waals surface area contributed by atoms with Crippen LogP contribution in [0.4, 0.5) is 5.69 Å². The molecule has 0 saturated carbocycles.